The lowest BCUT2D eigenvalue weighted by Crippen LogP contribution is -2.06. The van der Waals surface area contributed by atoms with E-state index in [-0.39, 0.29) is 22.1 Å². The number of carboxylic acids is 1. The van der Waals surface area contributed by atoms with Gasteiger partial charge in [0.2, 0.25) is 0 Å². The SMILES string of the molecule is O=C(O)c1ccc(-c2nnc(Nc3cc(Cl)cc(C(F)(F)F)c3)c3ccccc23)cc1. The first kappa shape index (κ1) is 20.6. The molecule has 0 aliphatic rings. The van der Waals surface area contributed by atoms with Crippen LogP contribution in [0.1, 0.15) is 15.9 Å². The zero-order chi connectivity index (χ0) is 22.2. The van der Waals surface area contributed by atoms with Crippen molar-refractivity contribution in [2.75, 3.05) is 5.32 Å². The van der Waals surface area contributed by atoms with Crippen LogP contribution >= 0.6 is 11.6 Å². The summed E-state index contributed by atoms with van der Waals surface area (Å²) in [6, 6.07) is 16.5. The number of hydrogen-bond donors (Lipinski definition) is 2. The summed E-state index contributed by atoms with van der Waals surface area (Å²) in [4.78, 5) is 11.1. The van der Waals surface area contributed by atoms with Gasteiger partial charge in [-0.15, -0.1) is 10.2 Å². The average molecular weight is 444 g/mol. The summed E-state index contributed by atoms with van der Waals surface area (Å²) < 4.78 is 39.3. The fourth-order valence-corrected chi connectivity index (χ4v) is 3.38. The second-order valence-electron chi connectivity index (χ2n) is 6.68. The lowest BCUT2D eigenvalue weighted by atomic mass is 10.0. The van der Waals surface area contributed by atoms with E-state index in [2.05, 4.69) is 15.5 Å². The first-order valence-electron chi connectivity index (χ1n) is 8.96. The molecule has 31 heavy (non-hydrogen) atoms. The van der Waals surface area contributed by atoms with E-state index in [0.29, 0.717) is 22.0 Å². The molecule has 0 amide bonds. The summed E-state index contributed by atoms with van der Waals surface area (Å²) in [5.74, 6) is -0.779. The van der Waals surface area contributed by atoms with Crippen LogP contribution < -0.4 is 5.32 Å². The van der Waals surface area contributed by atoms with Gasteiger partial charge in [0, 0.05) is 27.0 Å². The normalized spacial score (nSPS) is 11.5. The molecule has 156 valence electrons. The molecule has 4 rings (SSSR count). The molecule has 1 heterocycles. The maximum atomic E-state index is 13.1. The van der Waals surface area contributed by atoms with Crippen LogP contribution in [0.4, 0.5) is 24.7 Å². The van der Waals surface area contributed by atoms with E-state index in [0.717, 1.165) is 12.1 Å². The van der Waals surface area contributed by atoms with Crippen LogP contribution in [-0.4, -0.2) is 21.3 Å². The van der Waals surface area contributed by atoms with Crippen molar-refractivity contribution in [1.82, 2.24) is 10.2 Å². The Morgan fingerprint density at radius 2 is 1.61 bits per heavy atom. The van der Waals surface area contributed by atoms with Gasteiger partial charge in [-0.25, -0.2) is 4.79 Å². The van der Waals surface area contributed by atoms with Crippen molar-refractivity contribution in [2.24, 2.45) is 0 Å². The van der Waals surface area contributed by atoms with E-state index in [1.807, 2.05) is 0 Å². The van der Waals surface area contributed by atoms with Crippen LogP contribution in [0.3, 0.4) is 0 Å². The molecule has 9 heteroatoms. The van der Waals surface area contributed by atoms with E-state index in [4.69, 9.17) is 16.7 Å². The molecule has 0 saturated heterocycles. The van der Waals surface area contributed by atoms with E-state index < -0.39 is 17.7 Å². The average Bonchev–Trinajstić information content (AvgIpc) is 2.73. The summed E-state index contributed by atoms with van der Waals surface area (Å²) in [5, 5.41) is 21.6. The van der Waals surface area contributed by atoms with E-state index >= 15 is 0 Å². The van der Waals surface area contributed by atoms with Gasteiger partial charge in [-0.2, -0.15) is 13.2 Å². The third kappa shape index (κ3) is 4.29. The predicted octanol–water partition coefficient (Wildman–Crippen LogP) is 6.41. The van der Waals surface area contributed by atoms with E-state index in [1.165, 1.54) is 18.2 Å². The largest absolute Gasteiger partial charge is 0.478 e. The molecule has 0 saturated carbocycles. The lowest BCUT2D eigenvalue weighted by molar-refractivity contribution is -0.137. The van der Waals surface area contributed by atoms with Crippen molar-refractivity contribution in [3.63, 3.8) is 0 Å². The number of aromatic nitrogens is 2. The van der Waals surface area contributed by atoms with Gasteiger partial charge in [0.25, 0.3) is 0 Å². The Balaban J connectivity index is 1.77. The number of carboxylic acid groups (broad SMARTS) is 1. The van der Waals surface area contributed by atoms with Crippen molar-refractivity contribution in [2.45, 2.75) is 6.18 Å². The minimum atomic E-state index is -4.54. The summed E-state index contributed by atoms with van der Waals surface area (Å²) in [5.41, 5.74) is 0.552. The molecule has 0 aliphatic carbocycles. The minimum Gasteiger partial charge on any atom is -0.478 e. The second-order valence-corrected chi connectivity index (χ2v) is 7.11. The molecule has 2 N–H and O–H groups in total. The van der Waals surface area contributed by atoms with Crippen LogP contribution in [0.15, 0.2) is 66.7 Å². The molecule has 0 fully saturated rings. The fourth-order valence-electron chi connectivity index (χ4n) is 3.14. The van der Waals surface area contributed by atoms with Gasteiger partial charge >= 0.3 is 12.1 Å². The van der Waals surface area contributed by atoms with Gasteiger partial charge in [-0.1, -0.05) is 48.0 Å². The van der Waals surface area contributed by atoms with Crippen LogP contribution in [-0.2, 0) is 6.18 Å². The second kappa shape index (κ2) is 7.88. The number of nitrogens with zero attached hydrogens (tertiary/aromatic N) is 2. The highest BCUT2D eigenvalue weighted by atomic mass is 35.5. The first-order valence-corrected chi connectivity index (χ1v) is 9.34. The number of fused-ring (bicyclic) bond motifs is 1. The van der Waals surface area contributed by atoms with Crippen LogP contribution in [0.25, 0.3) is 22.0 Å². The topological polar surface area (TPSA) is 75.1 Å². The predicted molar refractivity (Wildman–Crippen MR) is 112 cm³/mol. The fraction of sp³-hybridized carbons (Fsp3) is 0.0455. The molecule has 0 spiro atoms. The zero-order valence-electron chi connectivity index (χ0n) is 15.6. The molecule has 1 aromatic heterocycles. The zero-order valence-corrected chi connectivity index (χ0v) is 16.4. The van der Waals surface area contributed by atoms with Crippen LogP contribution in [0.5, 0.6) is 0 Å². The highest BCUT2D eigenvalue weighted by molar-refractivity contribution is 6.31. The van der Waals surface area contributed by atoms with Crippen LogP contribution in [0, 0.1) is 0 Å². The lowest BCUT2D eigenvalue weighted by Gasteiger charge is -2.13. The summed E-state index contributed by atoms with van der Waals surface area (Å²) >= 11 is 5.86. The Morgan fingerprint density at radius 3 is 2.26 bits per heavy atom. The Hall–Kier alpha value is -3.65. The quantitative estimate of drug-likeness (QED) is 0.381. The summed E-state index contributed by atoms with van der Waals surface area (Å²) in [6.07, 6.45) is -4.54. The van der Waals surface area contributed by atoms with Gasteiger partial charge in [0.1, 0.15) is 5.69 Å². The number of halogens is 4. The van der Waals surface area contributed by atoms with Gasteiger partial charge in [-0.05, 0) is 30.3 Å². The van der Waals surface area contributed by atoms with Crippen molar-refractivity contribution >= 4 is 39.8 Å². The first-order chi connectivity index (χ1) is 14.7. The molecule has 0 atom stereocenters. The Labute approximate surface area is 179 Å². The highest BCUT2D eigenvalue weighted by Crippen LogP contribution is 2.35. The number of alkyl halides is 3. The third-order valence-corrected chi connectivity index (χ3v) is 4.80. The molecule has 5 nitrogen and oxygen atoms in total. The maximum absolute atomic E-state index is 13.1. The standard InChI is InChI=1S/C22H13ClF3N3O2/c23-15-9-14(22(24,25)26)10-16(11-15)27-20-18-4-2-1-3-17(18)19(28-29-20)12-5-7-13(8-6-12)21(30)31/h1-11H,(H,27,29)(H,30,31). The molecule has 3 aromatic carbocycles. The number of aromatic carboxylic acids is 1. The van der Waals surface area contributed by atoms with Gasteiger partial charge in [0.05, 0.1) is 11.1 Å². The number of nitrogens with one attached hydrogen (secondary N) is 1. The molecular formula is C22H13ClF3N3O2. The third-order valence-electron chi connectivity index (χ3n) is 4.58. The van der Waals surface area contributed by atoms with Gasteiger partial charge < -0.3 is 10.4 Å². The van der Waals surface area contributed by atoms with E-state index in [9.17, 15) is 18.0 Å². The van der Waals surface area contributed by atoms with Gasteiger partial charge in [0.15, 0.2) is 5.82 Å². The van der Waals surface area contributed by atoms with E-state index in [1.54, 1.807) is 36.4 Å². The van der Waals surface area contributed by atoms with Gasteiger partial charge in [-0.3, -0.25) is 0 Å². The van der Waals surface area contributed by atoms with Crippen LogP contribution in [0.2, 0.25) is 5.02 Å². The molecule has 0 bridgehead atoms. The Morgan fingerprint density at radius 1 is 0.935 bits per heavy atom. The molecule has 0 aliphatic heterocycles. The highest BCUT2D eigenvalue weighted by Gasteiger charge is 2.31. The number of anilines is 2. The van der Waals surface area contributed by atoms with Crippen molar-refractivity contribution in [3.05, 3.63) is 82.9 Å². The smallest absolute Gasteiger partial charge is 0.416 e. The Bertz CT molecular complexity index is 1290. The molecule has 0 radical (unpaired) electrons. The number of carbonyl (C=O) groups is 1. The minimum absolute atomic E-state index is 0.0651. The number of benzene rings is 3. The monoisotopic (exact) mass is 443 g/mol. The Kier molecular flexibility index (Phi) is 5.24. The number of hydrogen-bond acceptors (Lipinski definition) is 4. The maximum Gasteiger partial charge on any atom is 0.416 e. The molecule has 0 unspecified atom stereocenters. The molecular weight excluding hydrogens is 431 g/mol. The molecule has 4 aromatic rings. The number of rotatable bonds is 4. The summed E-state index contributed by atoms with van der Waals surface area (Å²) in [6.45, 7) is 0. The van der Waals surface area contributed by atoms with Crippen molar-refractivity contribution in [1.29, 1.82) is 0 Å². The summed E-state index contributed by atoms with van der Waals surface area (Å²) in [7, 11) is 0. The van der Waals surface area contributed by atoms with Crippen molar-refractivity contribution in [3.8, 4) is 11.3 Å². The van der Waals surface area contributed by atoms with Crippen molar-refractivity contribution < 1.29 is 23.1 Å².